The molecule has 0 aliphatic heterocycles. The van der Waals surface area contributed by atoms with Crippen molar-refractivity contribution in [2.24, 2.45) is 0 Å². The monoisotopic (exact) mass is 187 g/mol. The van der Waals surface area contributed by atoms with Crippen molar-refractivity contribution in [2.75, 3.05) is 0 Å². The molecule has 2 nitrogen and oxygen atoms in total. The van der Waals surface area contributed by atoms with Crippen LogP contribution >= 0.6 is 0 Å². The van der Waals surface area contributed by atoms with Gasteiger partial charge >= 0.3 is 14.0 Å². The van der Waals surface area contributed by atoms with Crippen molar-refractivity contribution in [1.82, 2.24) is 0 Å². The summed E-state index contributed by atoms with van der Waals surface area (Å²) in [5, 5.41) is 0. The van der Waals surface area contributed by atoms with Crippen molar-refractivity contribution in [3.63, 3.8) is 0 Å². The molecule has 0 unspecified atom stereocenters. The van der Waals surface area contributed by atoms with Gasteiger partial charge in [0.15, 0.2) is 0 Å². The minimum Gasteiger partial charge on any atom is -0.623 e. The molecule has 0 spiro atoms. The zero-order valence-corrected chi connectivity index (χ0v) is 7.57. The lowest BCUT2D eigenvalue weighted by molar-refractivity contribution is -0.0521. The number of hydrogen-bond acceptors (Lipinski definition) is 2. The first-order valence-corrected chi connectivity index (χ1v) is 8.91. The second-order valence-corrected chi connectivity index (χ2v) is 10.3. The van der Waals surface area contributed by atoms with Crippen molar-refractivity contribution in [1.29, 1.82) is 0 Å². The summed E-state index contributed by atoms with van der Waals surface area (Å²) in [6.45, 7) is 0. The number of rotatable bonds is 2. The molecule has 52 valence electrons. The molecule has 8 heteroatoms. The molecule has 0 fully saturated rings. The standard InChI is InChI=1S/CH2F3O2Si3/c2-1(3,4)9(6)8-7-5/h8H2/q-1. The van der Waals surface area contributed by atoms with E-state index >= 15 is 0 Å². The molecule has 0 saturated heterocycles. The van der Waals surface area contributed by atoms with Crippen molar-refractivity contribution in [3.05, 3.63) is 0 Å². The average molecular weight is 187 g/mol. The minimum atomic E-state index is -4.58. The molecule has 0 N–H and O–H groups in total. The summed E-state index contributed by atoms with van der Waals surface area (Å²) in [4.78, 5) is 0. The summed E-state index contributed by atoms with van der Waals surface area (Å²) in [6.07, 6.45) is 0. The minimum absolute atomic E-state index is 0.987. The number of halogens is 3. The Morgan fingerprint density at radius 3 is 2.00 bits per heavy atom. The molecular weight excluding hydrogens is 185 g/mol. The van der Waals surface area contributed by atoms with Gasteiger partial charge in [-0.3, -0.25) is 0 Å². The van der Waals surface area contributed by atoms with Crippen LogP contribution in [0.2, 0.25) is 0 Å². The number of alkyl halides is 3. The summed E-state index contributed by atoms with van der Waals surface area (Å²) in [5.74, 6) is -4.58. The van der Waals surface area contributed by atoms with Crippen LogP contribution in [0.3, 0.4) is 0 Å². The maximum Gasteiger partial charge on any atom is 0.413 e. The Hall–Kier alpha value is 0.0406. The highest BCUT2D eigenvalue weighted by atomic mass is 29.5. The maximum absolute atomic E-state index is 11.3. The molecule has 0 heterocycles. The Bertz CT molecular complexity index is 130. The first-order valence-electron chi connectivity index (χ1n) is 1.93. The van der Waals surface area contributed by atoms with Gasteiger partial charge in [0.2, 0.25) is 0 Å². The zero-order chi connectivity index (χ0) is 7.49. The second kappa shape index (κ2) is 3.27. The highest BCUT2D eigenvalue weighted by molar-refractivity contribution is 7.28. The largest absolute Gasteiger partial charge is 0.623 e. The molecule has 0 aliphatic rings. The summed E-state index contributed by atoms with van der Waals surface area (Å²) in [7, 11) is -6.32. The van der Waals surface area contributed by atoms with Gasteiger partial charge in [-0.15, -0.1) is 0 Å². The molecule has 0 aromatic rings. The van der Waals surface area contributed by atoms with Crippen LogP contribution in [0.15, 0.2) is 0 Å². The van der Waals surface area contributed by atoms with Gasteiger partial charge < -0.3 is 8.92 Å². The molecule has 0 aliphatic carbocycles. The highest BCUT2D eigenvalue weighted by Gasteiger charge is 2.36. The second-order valence-electron chi connectivity index (χ2n) is 1.24. The lowest BCUT2D eigenvalue weighted by Crippen LogP contribution is -2.32. The third-order valence-electron chi connectivity index (χ3n) is 0.549. The van der Waals surface area contributed by atoms with Crippen LogP contribution in [0.4, 0.5) is 13.2 Å². The fraction of sp³-hybridized carbons (Fsp3) is 1.00. The summed E-state index contributed by atoms with van der Waals surface area (Å²) in [5.41, 5.74) is 0. The van der Waals surface area contributed by atoms with Gasteiger partial charge in [0.25, 0.3) is 0 Å². The molecule has 0 radical (unpaired) electrons. The fourth-order valence-corrected chi connectivity index (χ4v) is 4.48. The summed E-state index contributed by atoms with van der Waals surface area (Å²) < 4.78 is 53.4. The van der Waals surface area contributed by atoms with Gasteiger partial charge in [0.05, 0.1) is 0 Å². The van der Waals surface area contributed by atoms with Crippen molar-refractivity contribution in [2.45, 2.75) is 5.80 Å². The Balaban J connectivity index is 3.88. The molecule has 0 rings (SSSR count). The van der Waals surface area contributed by atoms with E-state index in [4.69, 9.17) is 0 Å². The van der Waals surface area contributed by atoms with E-state index in [-0.39, 0.29) is 0 Å². The van der Waals surface area contributed by atoms with E-state index in [0.717, 1.165) is 0 Å². The first kappa shape index (κ1) is 9.04. The molecule has 9 heavy (non-hydrogen) atoms. The van der Waals surface area contributed by atoms with Crippen LogP contribution in [0.5, 0.6) is 0 Å². The van der Waals surface area contributed by atoms with E-state index < -0.39 is 31.5 Å². The van der Waals surface area contributed by atoms with E-state index in [1.807, 2.05) is 0 Å². The molecule has 0 atom stereocenters. The van der Waals surface area contributed by atoms with Crippen LogP contribution in [-0.2, 0) is 8.92 Å². The van der Waals surface area contributed by atoms with E-state index in [1.54, 1.807) is 0 Å². The van der Waals surface area contributed by atoms with Crippen LogP contribution < -0.4 is 0 Å². The summed E-state index contributed by atoms with van der Waals surface area (Å²) >= 11 is 0. The molecule has 0 aromatic heterocycles. The third-order valence-corrected chi connectivity index (χ3v) is 8.43. The molecule has 0 amide bonds. The van der Waals surface area contributed by atoms with E-state index in [2.05, 4.69) is 0 Å². The van der Waals surface area contributed by atoms with Crippen LogP contribution in [0.1, 0.15) is 0 Å². The lowest BCUT2D eigenvalue weighted by atomic mass is 11.5. The van der Waals surface area contributed by atoms with Gasteiger partial charge in [-0.25, -0.2) is 0 Å². The molecule has 0 aromatic carbocycles. The SMILES string of the molecule is O=[Si-][SiH2][Si](=O)C(F)(F)F. The smallest absolute Gasteiger partial charge is 0.413 e. The van der Waals surface area contributed by atoms with Crippen molar-refractivity contribution >= 4 is 25.7 Å². The van der Waals surface area contributed by atoms with Gasteiger partial charge in [-0.05, 0) is 8.55 Å². The van der Waals surface area contributed by atoms with Crippen LogP contribution in [0.25, 0.3) is 0 Å². The number of hydrogen-bond donors (Lipinski definition) is 0. The highest BCUT2D eigenvalue weighted by Crippen LogP contribution is 2.12. The third kappa shape index (κ3) is 3.59. The summed E-state index contributed by atoms with van der Waals surface area (Å²) in [6, 6.07) is 0. The normalized spacial score (nSPS) is 12.3. The van der Waals surface area contributed by atoms with Gasteiger partial charge in [-0.2, -0.15) is 22.1 Å². The molecule has 0 saturated carbocycles. The fourth-order valence-electron chi connectivity index (χ4n) is 0.166. The molecular formula is CH2F3O2Si3-. The predicted octanol–water partition coefficient (Wildman–Crippen LogP) is -0.860. The Morgan fingerprint density at radius 2 is 1.89 bits per heavy atom. The average Bonchev–Trinajstić information content (AvgIpc) is 1.64. The lowest BCUT2D eigenvalue weighted by Gasteiger charge is -2.01. The van der Waals surface area contributed by atoms with Crippen molar-refractivity contribution < 1.29 is 22.1 Å². The first-order chi connectivity index (χ1) is 3.98. The Labute approximate surface area is 54.4 Å². The van der Waals surface area contributed by atoms with E-state index in [1.165, 1.54) is 0 Å². The quantitative estimate of drug-likeness (QED) is 0.527. The topological polar surface area (TPSA) is 34.1 Å². The Kier molecular flexibility index (Phi) is 3.28. The predicted molar refractivity (Wildman–Crippen MR) is 27.5 cm³/mol. The van der Waals surface area contributed by atoms with E-state index in [9.17, 15) is 22.1 Å². The van der Waals surface area contributed by atoms with Crippen molar-refractivity contribution in [3.8, 4) is 0 Å². The zero-order valence-electron chi connectivity index (χ0n) is 4.16. The van der Waals surface area contributed by atoms with Crippen LogP contribution in [-0.4, -0.2) is 31.5 Å². The maximum atomic E-state index is 11.3. The Morgan fingerprint density at radius 1 is 1.44 bits per heavy atom. The van der Waals surface area contributed by atoms with Gasteiger partial charge in [0, 0.05) is 0 Å². The van der Waals surface area contributed by atoms with Crippen LogP contribution in [0, 0.1) is 0 Å². The van der Waals surface area contributed by atoms with Gasteiger partial charge in [0.1, 0.15) is 0 Å². The molecule has 0 bridgehead atoms. The van der Waals surface area contributed by atoms with Gasteiger partial charge in [-0.1, -0.05) is 0 Å². The van der Waals surface area contributed by atoms with E-state index in [0.29, 0.717) is 0 Å².